The highest BCUT2D eigenvalue weighted by atomic mass is 16.2. The standard InChI is InChI=1S/C21H27N3O2/c1-17-9-6-7-12-19(17)21(26)23-15-13-20(25)22-14-8-16-24(2)18-10-4-3-5-11-18/h3-7,9-12H,8,13-16H2,1-2H3,(H,22,25)(H,23,26). The molecule has 0 bridgehead atoms. The summed E-state index contributed by atoms with van der Waals surface area (Å²) in [5, 5.41) is 5.69. The van der Waals surface area contributed by atoms with Crippen molar-refractivity contribution in [1.29, 1.82) is 0 Å². The molecule has 0 spiro atoms. The van der Waals surface area contributed by atoms with E-state index >= 15 is 0 Å². The number of hydrogen-bond acceptors (Lipinski definition) is 3. The zero-order chi connectivity index (χ0) is 18.8. The van der Waals surface area contributed by atoms with Crippen molar-refractivity contribution < 1.29 is 9.59 Å². The third-order valence-corrected chi connectivity index (χ3v) is 4.22. The molecule has 2 aromatic carbocycles. The summed E-state index contributed by atoms with van der Waals surface area (Å²) in [4.78, 5) is 26.1. The third-order valence-electron chi connectivity index (χ3n) is 4.22. The van der Waals surface area contributed by atoms with Crippen LogP contribution < -0.4 is 15.5 Å². The van der Waals surface area contributed by atoms with Gasteiger partial charge < -0.3 is 15.5 Å². The van der Waals surface area contributed by atoms with Crippen LogP contribution in [0.25, 0.3) is 0 Å². The second-order valence-electron chi connectivity index (χ2n) is 6.28. The fourth-order valence-electron chi connectivity index (χ4n) is 2.66. The van der Waals surface area contributed by atoms with Gasteiger partial charge in [0.1, 0.15) is 0 Å². The Kier molecular flexibility index (Phi) is 7.68. The van der Waals surface area contributed by atoms with Crippen LogP contribution in [-0.2, 0) is 4.79 Å². The minimum atomic E-state index is -0.139. The predicted molar refractivity (Wildman–Crippen MR) is 105 cm³/mol. The molecule has 2 amide bonds. The summed E-state index contributed by atoms with van der Waals surface area (Å²) in [6.45, 7) is 3.73. The van der Waals surface area contributed by atoms with Gasteiger partial charge in [-0.25, -0.2) is 0 Å². The van der Waals surface area contributed by atoms with Crippen molar-refractivity contribution >= 4 is 17.5 Å². The lowest BCUT2D eigenvalue weighted by Crippen LogP contribution is -2.32. The molecule has 0 saturated heterocycles. The molecular weight excluding hydrogens is 326 g/mol. The Morgan fingerprint density at radius 1 is 0.923 bits per heavy atom. The lowest BCUT2D eigenvalue weighted by molar-refractivity contribution is -0.120. The molecule has 0 saturated carbocycles. The van der Waals surface area contributed by atoms with E-state index in [9.17, 15) is 9.59 Å². The van der Waals surface area contributed by atoms with Crippen molar-refractivity contribution in [3.63, 3.8) is 0 Å². The van der Waals surface area contributed by atoms with Gasteiger partial charge >= 0.3 is 0 Å². The molecular formula is C21H27N3O2. The van der Waals surface area contributed by atoms with E-state index in [0.29, 0.717) is 18.7 Å². The first-order chi connectivity index (χ1) is 12.6. The first-order valence-electron chi connectivity index (χ1n) is 8.94. The zero-order valence-electron chi connectivity index (χ0n) is 15.5. The van der Waals surface area contributed by atoms with Crippen LogP contribution in [-0.4, -0.2) is 38.5 Å². The highest BCUT2D eigenvalue weighted by Gasteiger charge is 2.08. The molecule has 0 unspecified atom stereocenters. The van der Waals surface area contributed by atoms with Crippen molar-refractivity contribution in [3.8, 4) is 0 Å². The molecule has 0 radical (unpaired) electrons. The van der Waals surface area contributed by atoms with E-state index in [1.807, 2.05) is 50.4 Å². The summed E-state index contributed by atoms with van der Waals surface area (Å²) < 4.78 is 0. The molecule has 0 aromatic heterocycles. The van der Waals surface area contributed by atoms with Crippen LogP contribution in [0, 0.1) is 6.92 Å². The number of carbonyl (C=O) groups excluding carboxylic acids is 2. The minimum absolute atomic E-state index is 0.0440. The molecule has 0 fully saturated rings. The van der Waals surface area contributed by atoms with E-state index in [4.69, 9.17) is 0 Å². The van der Waals surface area contributed by atoms with Crippen molar-refractivity contribution in [3.05, 3.63) is 65.7 Å². The number of carbonyl (C=O) groups is 2. The highest BCUT2D eigenvalue weighted by molar-refractivity contribution is 5.95. The third kappa shape index (κ3) is 6.24. The van der Waals surface area contributed by atoms with Crippen LogP contribution >= 0.6 is 0 Å². The first kappa shape index (κ1) is 19.5. The molecule has 0 aliphatic heterocycles. The van der Waals surface area contributed by atoms with Gasteiger partial charge in [0, 0.05) is 44.4 Å². The number of nitrogens with zero attached hydrogens (tertiary/aromatic N) is 1. The largest absolute Gasteiger partial charge is 0.375 e. The molecule has 2 rings (SSSR count). The number of benzene rings is 2. The average molecular weight is 353 g/mol. The van der Waals surface area contributed by atoms with E-state index in [1.54, 1.807) is 6.07 Å². The molecule has 0 aliphatic carbocycles. The minimum Gasteiger partial charge on any atom is -0.375 e. The number of hydrogen-bond donors (Lipinski definition) is 2. The monoisotopic (exact) mass is 353 g/mol. The predicted octanol–water partition coefficient (Wildman–Crippen LogP) is 2.76. The Morgan fingerprint density at radius 3 is 2.35 bits per heavy atom. The lowest BCUT2D eigenvalue weighted by atomic mass is 10.1. The van der Waals surface area contributed by atoms with Crippen LogP contribution in [0.5, 0.6) is 0 Å². The first-order valence-corrected chi connectivity index (χ1v) is 8.94. The van der Waals surface area contributed by atoms with Gasteiger partial charge in [-0.15, -0.1) is 0 Å². The van der Waals surface area contributed by atoms with Crippen molar-refractivity contribution in [2.24, 2.45) is 0 Å². The molecule has 26 heavy (non-hydrogen) atoms. The zero-order valence-corrected chi connectivity index (χ0v) is 15.5. The van der Waals surface area contributed by atoms with Crippen LogP contribution in [0.4, 0.5) is 5.69 Å². The number of para-hydroxylation sites is 1. The number of rotatable bonds is 9. The van der Waals surface area contributed by atoms with Crippen molar-refractivity contribution in [2.45, 2.75) is 19.8 Å². The maximum absolute atomic E-state index is 12.1. The Labute approximate surface area is 155 Å². The Balaban J connectivity index is 1.59. The Hall–Kier alpha value is -2.82. The summed E-state index contributed by atoms with van der Waals surface area (Å²) in [7, 11) is 2.04. The van der Waals surface area contributed by atoms with E-state index in [-0.39, 0.29) is 18.2 Å². The second kappa shape index (κ2) is 10.2. The summed E-state index contributed by atoms with van der Waals surface area (Å²) in [5.41, 5.74) is 2.74. The van der Waals surface area contributed by atoms with Crippen LogP contribution in [0.2, 0.25) is 0 Å². The summed E-state index contributed by atoms with van der Waals surface area (Å²) in [5.74, 6) is -0.183. The molecule has 0 heterocycles. The highest BCUT2D eigenvalue weighted by Crippen LogP contribution is 2.10. The fourth-order valence-corrected chi connectivity index (χ4v) is 2.66. The van der Waals surface area contributed by atoms with Gasteiger partial charge in [-0.05, 0) is 37.1 Å². The Morgan fingerprint density at radius 2 is 1.62 bits per heavy atom. The van der Waals surface area contributed by atoms with Crippen molar-refractivity contribution in [1.82, 2.24) is 10.6 Å². The number of amides is 2. The van der Waals surface area contributed by atoms with E-state index in [2.05, 4.69) is 27.7 Å². The number of nitrogens with one attached hydrogen (secondary N) is 2. The van der Waals surface area contributed by atoms with Gasteiger partial charge in [-0.2, -0.15) is 0 Å². The van der Waals surface area contributed by atoms with E-state index < -0.39 is 0 Å². The number of anilines is 1. The quantitative estimate of drug-likeness (QED) is 0.682. The van der Waals surface area contributed by atoms with Gasteiger partial charge in [0.25, 0.3) is 5.91 Å². The summed E-state index contributed by atoms with van der Waals surface area (Å²) >= 11 is 0. The lowest BCUT2D eigenvalue weighted by Gasteiger charge is -2.19. The maximum Gasteiger partial charge on any atom is 0.251 e. The average Bonchev–Trinajstić information content (AvgIpc) is 2.66. The van der Waals surface area contributed by atoms with Crippen LogP contribution in [0.15, 0.2) is 54.6 Å². The van der Waals surface area contributed by atoms with Gasteiger partial charge in [0.2, 0.25) is 5.91 Å². The van der Waals surface area contributed by atoms with E-state index in [0.717, 1.165) is 24.2 Å². The van der Waals surface area contributed by atoms with Gasteiger partial charge in [0.15, 0.2) is 0 Å². The topological polar surface area (TPSA) is 61.4 Å². The molecule has 5 nitrogen and oxygen atoms in total. The summed E-state index contributed by atoms with van der Waals surface area (Å²) in [6, 6.07) is 17.6. The summed E-state index contributed by atoms with van der Waals surface area (Å²) in [6.07, 6.45) is 1.15. The van der Waals surface area contributed by atoms with Gasteiger partial charge in [0.05, 0.1) is 0 Å². The maximum atomic E-state index is 12.1. The Bertz CT molecular complexity index is 716. The molecule has 138 valence electrons. The number of aryl methyl sites for hydroxylation is 1. The molecule has 0 aliphatic rings. The SMILES string of the molecule is Cc1ccccc1C(=O)NCCC(=O)NCCCN(C)c1ccccc1. The molecule has 5 heteroatoms. The molecule has 2 N–H and O–H groups in total. The van der Waals surface area contributed by atoms with Crippen LogP contribution in [0.3, 0.4) is 0 Å². The van der Waals surface area contributed by atoms with Crippen LogP contribution in [0.1, 0.15) is 28.8 Å². The second-order valence-corrected chi connectivity index (χ2v) is 6.28. The van der Waals surface area contributed by atoms with Gasteiger partial charge in [-0.3, -0.25) is 9.59 Å². The smallest absolute Gasteiger partial charge is 0.251 e. The molecule has 0 atom stereocenters. The fraction of sp³-hybridized carbons (Fsp3) is 0.333. The van der Waals surface area contributed by atoms with Crippen molar-refractivity contribution in [2.75, 3.05) is 31.6 Å². The normalized spacial score (nSPS) is 10.2. The van der Waals surface area contributed by atoms with E-state index in [1.165, 1.54) is 0 Å². The van der Waals surface area contributed by atoms with Gasteiger partial charge in [-0.1, -0.05) is 36.4 Å². The molecule has 2 aromatic rings.